The number of thiazole rings is 1. The molecule has 0 unspecified atom stereocenters. The second-order valence-electron chi connectivity index (χ2n) is 4.81. The van der Waals surface area contributed by atoms with Crippen molar-refractivity contribution in [3.63, 3.8) is 0 Å². The van der Waals surface area contributed by atoms with Gasteiger partial charge in [0.1, 0.15) is 12.4 Å². The fourth-order valence-electron chi connectivity index (χ4n) is 1.75. The molecule has 0 aliphatic rings. The van der Waals surface area contributed by atoms with Gasteiger partial charge >= 0.3 is 6.18 Å². The molecular weight excluding hydrogens is 414 g/mol. The Morgan fingerprint density at radius 1 is 1.19 bits per heavy atom. The molecule has 0 saturated heterocycles. The van der Waals surface area contributed by atoms with Crippen LogP contribution < -0.4 is 10.6 Å². The van der Waals surface area contributed by atoms with Crippen LogP contribution in [0.15, 0.2) is 22.5 Å². The molecule has 0 saturated carbocycles. The molecule has 3 aromatic rings. The molecule has 2 heterocycles. The number of aromatic nitrogens is 3. The Morgan fingerprint density at radius 3 is 2.77 bits per heavy atom. The Bertz CT molecular complexity index is 926. The number of halogens is 4. The van der Waals surface area contributed by atoms with Crippen LogP contribution in [0.4, 0.5) is 27.8 Å². The minimum absolute atomic E-state index is 0.0157. The van der Waals surface area contributed by atoms with E-state index in [9.17, 15) is 22.4 Å². The molecule has 0 atom stereocenters. The lowest BCUT2D eigenvalue weighted by molar-refractivity contribution is -0.115. The number of anilines is 2. The highest BCUT2D eigenvalue weighted by molar-refractivity contribution is 8.01. The standard InChI is InChI=1S/C13H9F4N5OS3/c14-6-1-2-7-8(3-6)25-11(19-7)20-9(23)4-24-12-22-21-10(26-12)18-5-13(15,16)17/h1-3H,4-5H2,(H,18,21)(H,19,20,23). The van der Waals surface area contributed by atoms with Crippen LogP contribution in [0, 0.1) is 5.82 Å². The van der Waals surface area contributed by atoms with Crippen LogP contribution in [0.1, 0.15) is 0 Å². The Kier molecular flexibility index (Phi) is 5.58. The number of hydrogen-bond donors (Lipinski definition) is 2. The largest absolute Gasteiger partial charge is 0.405 e. The Labute approximate surface area is 156 Å². The Hall–Kier alpha value is -1.99. The van der Waals surface area contributed by atoms with Gasteiger partial charge in [0.2, 0.25) is 11.0 Å². The van der Waals surface area contributed by atoms with Crippen LogP contribution in [0.25, 0.3) is 10.2 Å². The van der Waals surface area contributed by atoms with E-state index in [1.54, 1.807) is 0 Å². The maximum atomic E-state index is 13.1. The minimum Gasteiger partial charge on any atom is -0.351 e. The van der Waals surface area contributed by atoms with Crippen LogP contribution in [-0.4, -0.2) is 39.6 Å². The number of nitrogens with one attached hydrogen (secondary N) is 2. The normalized spacial score (nSPS) is 11.7. The molecule has 0 aliphatic heterocycles. The van der Waals surface area contributed by atoms with Gasteiger partial charge in [0.25, 0.3) is 0 Å². The average molecular weight is 423 g/mol. The zero-order chi connectivity index (χ0) is 18.7. The number of fused-ring (bicyclic) bond motifs is 1. The first-order valence-electron chi connectivity index (χ1n) is 6.91. The van der Waals surface area contributed by atoms with Gasteiger partial charge in [-0.3, -0.25) is 4.79 Å². The summed E-state index contributed by atoms with van der Waals surface area (Å²) in [6.45, 7) is -1.20. The number of carbonyl (C=O) groups excluding carboxylic acids is 1. The second-order valence-corrected chi connectivity index (χ2v) is 8.04. The van der Waals surface area contributed by atoms with Crippen molar-refractivity contribution in [1.82, 2.24) is 15.2 Å². The maximum absolute atomic E-state index is 13.1. The van der Waals surface area contributed by atoms with Crippen LogP contribution >= 0.6 is 34.4 Å². The lowest BCUT2D eigenvalue weighted by atomic mass is 10.3. The molecule has 3 rings (SSSR count). The summed E-state index contributed by atoms with van der Waals surface area (Å²) in [5.74, 6) is -0.770. The number of hydrogen-bond acceptors (Lipinski definition) is 8. The van der Waals surface area contributed by atoms with Crippen molar-refractivity contribution in [1.29, 1.82) is 0 Å². The van der Waals surface area contributed by atoms with E-state index in [4.69, 9.17) is 0 Å². The topological polar surface area (TPSA) is 79.8 Å². The molecule has 1 aromatic carbocycles. The van der Waals surface area contributed by atoms with Crippen LogP contribution in [0.5, 0.6) is 0 Å². The van der Waals surface area contributed by atoms with Gasteiger partial charge in [0, 0.05) is 0 Å². The summed E-state index contributed by atoms with van der Waals surface area (Å²) in [6.07, 6.45) is -4.35. The fourth-order valence-corrected chi connectivity index (χ4v) is 4.20. The van der Waals surface area contributed by atoms with E-state index in [2.05, 4.69) is 25.8 Å². The number of nitrogens with zero attached hydrogens (tertiary/aromatic N) is 3. The first-order chi connectivity index (χ1) is 12.3. The number of benzene rings is 1. The quantitative estimate of drug-likeness (QED) is 0.461. The summed E-state index contributed by atoms with van der Waals surface area (Å²) >= 11 is 3.10. The van der Waals surface area contributed by atoms with E-state index in [1.807, 2.05) is 0 Å². The molecule has 2 N–H and O–H groups in total. The van der Waals surface area contributed by atoms with Crippen molar-refractivity contribution in [2.24, 2.45) is 0 Å². The number of thioether (sulfide) groups is 1. The van der Waals surface area contributed by atoms with Gasteiger partial charge in [0.05, 0.1) is 16.0 Å². The van der Waals surface area contributed by atoms with E-state index >= 15 is 0 Å². The summed E-state index contributed by atoms with van der Waals surface area (Å²) in [6, 6.07) is 4.12. The monoisotopic (exact) mass is 423 g/mol. The molecule has 138 valence electrons. The van der Waals surface area contributed by atoms with Crippen LogP contribution in [0.3, 0.4) is 0 Å². The predicted molar refractivity (Wildman–Crippen MR) is 93.4 cm³/mol. The summed E-state index contributed by atoms with van der Waals surface area (Å²) in [5, 5.41) is 12.4. The fraction of sp³-hybridized carbons (Fsp3) is 0.231. The van der Waals surface area contributed by atoms with E-state index < -0.39 is 12.7 Å². The van der Waals surface area contributed by atoms with Crippen molar-refractivity contribution in [2.75, 3.05) is 22.9 Å². The van der Waals surface area contributed by atoms with Gasteiger partial charge in [-0.2, -0.15) is 13.2 Å². The van der Waals surface area contributed by atoms with E-state index in [-0.39, 0.29) is 22.6 Å². The summed E-state index contributed by atoms with van der Waals surface area (Å²) in [4.78, 5) is 16.1. The zero-order valence-electron chi connectivity index (χ0n) is 12.6. The molecule has 0 aliphatic carbocycles. The lowest BCUT2D eigenvalue weighted by Gasteiger charge is -2.05. The van der Waals surface area contributed by atoms with Crippen molar-refractivity contribution in [3.8, 4) is 0 Å². The summed E-state index contributed by atoms with van der Waals surface area (Å²) in [7, 11) is 0. The summed E-state index contributed by atoms with van der Waals surface area (Å²) < 4.78 is 50.5. The van der Waals surface area contributed by atoms with Gasteiger partial charge in [-0.05, 0) is 18.2 Å². The van der Waals surface area contributed by atoms with Gasteiger partial charge in [0.15, 0.2) is 9.47 Å². The van der Waals surface area contributed by atoms with Gasteiger partial charge in [-0.15, -0.1) is 10.2 Å². The number of alkyl halides is 3. The molecule has 13 heteroatoms. The molecule has 0 bridgehead atoms. The van der Waals surface area contributed by atoms with Crippen molar-refractivity contribution in [2.45, 2.75) is 10.5 Å². The number of carbonyl (C=O) groups is 1. The van der Waals surface area contributed by atoms with Gasteiger partial charge in [-0.1, -0.05) is 34.4 Å². The van der Waals surface area contributed by atoms with E-state index in [1.165, 1.54) is 18.2 Å². The predicted octanol–water partition coefficient (Wildman–Crippen LogP) is 3.99. The van der Waals surface area contributed by atoms with Crippen molar-refractivity contribution >= 4 is 60.8 Å². The first-order valence-corrected chi connectivity index (χ1v) is 9.53. The minimum atomic E-state index is -4.35. The molecule has 1 amide bonds. The maximum Gasteiger partial charge on any atom is 0.405 e. The number of rotatable bonds is 6. The van der Waals surface area contributed by atoms with Crippen LogP contribution in [0.2, 0.25) is 0 Å². The molecule has 0 fully saturated rings. The molecule has 6 nitrogen and oxygen atoms in total. The third-order valence-corrected chi connectivity index (χ3v) is 5.72. The lowest BCUT2D eigenvalue weighted by Crippen LogP contribution is -2.21. The molecule has 0 spiro atoms. The van der Waals surface area contributed by atoms with E-state index in [0.29, 0.717) is 19.7 Å². The third kappa shape index (κ3) is 5.25. The SMILES string of the molecule is O=C(CSc1nnc(NCC(F)(F)F)s1)Nc1nc2ccc(F)cc2s1. The van der Waals surface area contributed by atoms with Crippen molar-refractivity contribution < 1.29 is 22.4 Å². The van der Waals surface area contributed by atoms with Gasteiger partial charge in [-0.25, -0.2) is 9.37 Å². The van der Waals surface area contributed by atoms with Gasteiger partial charge < -0.3 is 10.6 Å². The molecule has 26 heavy (non-hydrogen) atoms. The zero-order valence-corrected chi connectivity index (χ0v) is 15.1. The van der Waals surface area contributed by atoms with Crippen LogP contribution in [-0.2, 0) is 4.79 Å². The molecule has 2 aromatic heterocycles. The first kappa shape index (κ1) is 18.8. The average Bonchev–Trinajstić information content (AvgIpc) is 3.16. The number of amides is 1. The third-order valence-electron chi connectivity index (χ3n) is 2.77. The highest BCUT2D eigenvalue weighted by Gasteiger charge is 2.27. The smallest absolute Gasteiger partial charge is 0.351 e. The molecule has 0 radical (unpaired) electrons. The molecular formula is C13H9F4N5OS3. The second kappa shape index (κ2) is 7.72. The Morgan fingerprint density at radius 2 is 2.00 bits per heavy atom. The highest BCUT2D eigenvalue weighted by Crippen LogP contribution is 2.28. The van der Waals surface area contributed by atoms with E-state index in [0.717, 1.165) is 34.4 Å². The Balaban J connectivity index is 1.51. The highest BCUT2D eigenvalue weighted by atomic mass is 32.2. The summed E-state index contributed by atoms with van der Waals surface area (Å²) in [5.41, 5.74) is 0.573. The van der Waals surface area contributed by atoms with Crippen molar-refractivity contribution in [3.05, 3.63) is 24.0 Å².